The number of rotatable bonds is 5. The number of carbonyl (C=O) groups excluding carboxylic acids is 1. The van der Waals surface area contributed by atoms with Crippen LogP contribution in [0.1, 0.15) is 13.3 Å². The summed E-state index contributed by atoms with van der Waals surface area (Å²) in [5, 5.41) is 7.72. The van der Waals surface area contributed by atoms with E-state index in [9.17, 15) is 4.79 Å². The molecule has 0 saturated carbocycles. The van der Waals surface area contributed by atoms with Crippen LogP contribution in [-0.2, 0) is 9.53 Å². The van der Waals surface area contributed by atoms with Crippen molar-refractivity contribution in [2.75, 3.05) is 18.5 Å². The summed E-state index contributed by atoms with van der Waals surface area (Å²) in [6.45, 7) is 2.60. The molecule has 2 heterocycles. The molecule has 0 atom stereocenters. The molecule has 2 aromatic rings. The van der Waals surface area contributed by atoms with E-state index in [0.29, 0.717) is 29.8 Å². The van der Waals surface area contributed by atoms with Crippen molar-refractivity contribution < 1.29 is 9.53 Å². The number of hydrogen-bond donors (Lipinski definition) is 1. The van der Waals surface area contributed by atoms with Crippen molar-refractivity contribution in [3.05, 3.63) is 23.4 Å². The fraction of sp³-hybridized carbons (Fsp3) is 0.364. The molecule has 0 amide bonds. The van der Waals surface area contributed by atoms with E-state index in [1.165, 1.54) is 0 Å². The molecule has 0 fully saturated rings. The fourth-order valence-electron chi connectivity index (χ4n) is 1.44. The summed E-state index contributed by atoms with van der Waals surface area (Å²) >= 11 is 5.84. The van der Waals surface area contributed by atoms with Gasteiger partial charge in [0.15, 0.2) is 5.65 Å². The summed E-state index contributed by atoms with van der Waals surface area (Å²) in [5.74, 6) is 0.221. The maximum Gasteiger partial charge on any atom is 0.307 e. The molecule has 0 aliphatic carbocycles. The average Bonchev–Trinajstić information content (AvgIpc) is 2.71. The predicted molar refractivity (Wildman–Crippen MR) is 67.7 cm³/mol. The second-order valence-electron chi connectivity index (χ2n) is 3.57. The minimum Gasteiger partial charge on any atom is -0.466 e. The van der Waals surface area contributed by atoms with Gasteiger partial charge in [-0.3, -0.25) is 4.79 Å². The lowest BCUT2D eigenvalue weighted by Gasteiger charge is -2.01. The summed E-state index contributed by atoms with van der Waals surface area (Å²) in [7, 11) is 0. The zero-order chi connectivity index (χ0) is 13.0. The number of aromatic nitrogens is 3. The SMILES string of the molecule is CCOC(=O)CCNc1nc2ccc(Cl)cn2n1. The number of nitrogens with zero attached hydrogens (tertiary/aromatic N) is 3. The van der Waals surface area contributed by atoms with Crippen LogP contribution in [0.25, 0.3) is 5.65 Å². The Balaban J connectivity index is 1.94. The molecule has 0 aliphatic heterocycles. The van der Waals surface area contributed by atoms with Crippen LogP contribution in [0.3, 0.4) is 0 Å². The first-order chi connectivity index (χ1) is 8.69. The van der Waals surface area contributed by atoms with E-state index in [-0.39, 0.29) is 12.4 Å². The van der Waals surface area contributed by atoms with Crippen LogP contribution in [0.4, 0.5) is 5.95 Å². The number of esters is 1. The maximum absolute atomic E-state index is 11.1. The van der Waals surface area contributed by atoms with E-state index in [4.69, 9.17) is 16.3 Å². The number of anilines is 1. The smallest absolute Gasteiger partial charge is 0.307 e. The van der Waals surface area contributed by atoms with Gasteiger partial charge in [-0.05, 0) is 19.1 Å². The van der Waals surface area contributed by atoms with Gasteiger partial charge in [-0.15, -0.1) is 5.10 Å². The lowest BCUT2D eigenvalue weighted by molar-refractivity contribution is -0.142. The molecule has 0 aliphatic rings. The number of hydrogen-bond acceptors (Lipinski definition) is 5. The highest BCUT2D eigenvalue weighted by atomic mass is 35.5. The summed E-state index contributed by atoms with van der Waals surface area (Å²) in [6, 6.07) is 3.51. The van der Waals surface area contributed by atoms with E-state index >= 15 is 0 Å². The van der Waals surface area contributed by atoms with Gasteiger partial charge in [0.1, 0.15) is 0 Å². The molecule has 0 bridgehead atoms. The van der Waals surface area contributed by atoms with Gasteiger partial charge in [0.05, 0.1) is 18.1 Å². The van der Waals surface area contributed by atoms with E-state index in [0.717, 1.165) is 0 Å². The molecule has 2 rings (SSSR count). The van der Waals surface area contributed by atoms with Crippen molar-refractivity contribution >= 4 is 29.2 Å². The molecule has 6 nitrogen and oxygen atoms in total. The first-order valence-corrected chi connectivity index (χ1v) is 5.98. The van der Waals surface area contributed by atoms with E-state index in [1.54, 1.807) is 29.8 Å². The lowest BCUT2D eigenvalue weighted by Crippen LogP contribution is -2.11. The topological polar surface area (TPSA) is 68.5 Å². The van der Waals surface area contributed by atoms with Crippen LogP contribution in [0.15, 0.2) is 18.3 Å². The molecule has 7 heteroatoms. The maximum atomic E-state index is 11.1. The molecule has 0 saturated heterocycles. The van der Waals surface area contributed by atoms with E-state index in [2.05, 4.69) is 15.4 Å². The van der Waals surface area contributed by atoms with Crippen LogP contribution >= 0.6 is 11.6 Å². The molecule has 2 aromatic heterocycles. The Morgan fingerprint density at radius 3 is 3.17 bits per heavy atom. The van der Waals surface area contributed by atoms with Crippen molar-refractivity contribution in [1.29, 1.82) is 0 Å². The van der Waals surface area contributed by atoms with Gasteiger partial charge < -0.3 is 10.1 Å². The van der Waals surface area contributed by atoms with Crippen molar-refractivity contribution in [3.8, 4) is 0 Å². The molecule has 1 N–H and O–H groups in total. The van der Waals surface area contributed by atoms with Crippen molar-refractivity contribution in [2.45, 2.75) is 13.3 Å². The third-order valence-corrected chi connectivity index (χ3v) is 2.44. The summed E-state index contributed by atoms with van der Waals surface area (Å²) in [6.07, 6.45) is 1.95. The van der Waals surface area contributed by atoms with E-state index in [1.807, 2.05) is 0 Å². The lowest BCUT2D eigenvalue weighted by atomic mass is 10.4. The highest BCUT2D eigenvalue weighted by molar-refractivity contribution is 6.30. The van der Waals surface area contributed by atoms with Crippen LogP contribution < -0.4 is 5.32 Å². The second kappa shape index (κ2) is 5.68. The Morgan fingerprint density at radius 1 is 1.56 bits per heavy atom. The van der Waals surface area contributed by atoms with E-state index < -0.39 is 0 Å². The highest BCUT2D eigenvalue weighted by Gasteiger charge is 2.05. The van der Waals surface area contributed by atoms with Crippen LogP contribution in [-0.4, -0.2) is 33.7 Å². The van der Waals surface area contributed by atoms with Crippen LogP contribution in [0, 0.1) is 0 Å². The molecule has 0 spiro atoms. The monoisotopic (exact) mass is 268 g/mol. The Hall–Kier alpha value is -1.82. The first-order valence-electron chi connectivity index (χ1n) is 5.60. The van der Waals surface area contributed by atoms with Gasteiger partial charge in [-0.25, -0.2) is 4.52 Å². The van der Waals surface area contributed by atoms with Gasteiger partial charge in [-0.2, -0.15) is 4.98 Å². The largest absolute Gasteiger partial charge is 0.466 e. The zero-order valence-corrected chi connectivity index (χ0v) is 10.6. The summed E-state index contributed by atoms with van der Waals surface area (Å²) < 4.78 is 6.39. The Labute approximate surface area is 109 Å². The minimum atomic E-state index is -0.239. The molecule has 0 aromatic carbocycles. The Morgan fingerprint density at radius 2 is 2.39 bits per heavy atom. The molecule has 0 unspecified atom stereocenters. The summed E-state index contributed by atoms with van der Waals surface area (Å²) in [5.41, 5.74) is 0.693. The number of carbonyl (C=O) groups is 1. The van der Waals surface area contributed by atoms with Crippen molar-refractivity contribution in [3.63, 3.8) is 0 Å². The quantitative estimate of drug-likeness (QED) is 0.837. The number of ether oxygens (including phenoxy) is 1. The van der Waals surface area contributed by atoms with Crippen molar-refractivity contribution in [1.82, 2.24) is 14.6 Å². The molecule has 18 heavy (non-hydrogen) atoms. The zero-order valence-electron chi connectivity index (χ0n) is 9.89. The summed E-state index contributed by atoms with van der Waals surface area (Å²) in [4.78, 5) is 15.4. The first kappa shape index (κ1) is 12.6. The van der Waals surface area contributed by atoms with Gasteiger partial charge >= 0.3 is 5.97 Å². The predicted octanol–water partition coefficient (Wildman–Crippen LogP) is 1.75. The Bertz CT molecular complexity index is 555. The normalized spacial score (nSPS) is 10.6. The van der Waals surface area contributed by atoms with Gasteiger partial charge in [-0.1, -0.05) is 11.6 Å². The number of halogens is 1. The van der Waals surface area contributed by atoms with Gasteiger partial charge in [0.2, 0.25) is 5.95 Å². The second-order valence-corrected chi connectivity index (χ2v) is 4.00. The number of fused-ring (bicyclic) bond motifs is 1. The number of nitrogens with one attached hydrogen (secondary N) is 1. The van der Waals surface area contributed by atoms with Crippen LogP contribution in [0.5, 0.6) is 0 Å². The standard InChI is InChI=1S/C11H13ClN4O2/c1-2-18-10(17)5-6-13-11-14-9-4-3-8(12)7-16(9)15-11/h3-4,7H,2,5-6H2,1H3,(H,13,15). The number of pyridine rings is 1. The Kier molecular flexibility index (Phi) is 3.99. The third kappa shape index (κ3) is 3.10. The average molecular weight is 269 g/mol. The van der Waals surface area contributed by atoms with Gasteiger partial charge in [0, 0.05) is 12.7 Å². The molecular weight excluding hydrogens is 256 g/mol. The highest BCUT2D eigenvalue weighted by Crippen LogP contribution is 2.11. The van der Waals surface area contributed by atoms with Crippen molar-refractivity contribution in [2.24, 2.45) is 0 Å². The molecular formula is C11H13ClN4O2. The third-order valence-electron chi connectivity index (χ3n) is 2.21. The fourth-order valence-corrected chi connectivity index (χ4v) is 1.60. The molecule has 0 radical (unpaired) electrons. The minimum absolute atomic E-state index is 0.239. The van der Waals surface area contributed by atoms with Crippen LogP contribution in [0.2, 0.25) is 5.02 Å². The van der Waals surface area contributed by atoms with Gasteiger partial charge in [0.25, 0.3) is 0 Å². The molecule has 96 valence electrons.